The summed E-state index contributed by atoms with van der Waals surface area (Å²) in [6, 6.07) is 16.4. The van der Waals surface area contributed by atoms with E-state index < -0.39 is 15.4 Å². The van der Waals surface area contributed by atoms with Crippen molar-refractivity contribution < 1.29 is 12.8 Å². The van der Waals surface area contributed by atoms with Gasteiger partial charge in [-0.25, -0.2) is 19.4 Å². The summed E-state index contributed by atoms with van der Waals surface area (Å²) in [5.41, 5.74) is 1.58. The van der Waals surface area contributed by atoms with Gasteiger partial charge in [0.15, 0.2) is 9.84 Å². The minimum absolute atomic E-state index is 0.00398. The summed E-state index contributed by atoms with van der Waals surface area (Å²) in [5, 5.41) is 10.1. The number of hydrogen-bond acceptors (Lipinski definition) is 5. The first-order valence-electron chi connectivity index (χ1n) is 14.2. The number of piperidine rings is 1. The van der Waals surface area contributed by atoms with Crippen molar-refractivity contribution >= 4 is 15.5 Å². The third-order valence-electron chi connectivity index (χ3n) is 9.44. The van der Waals surface area contributed by atoms with Crippen LogP contribution in [0, 0.1) is 47.4 Å². The van der Waals surface area contributed by atoms with E-state index >= 15 is 0 Å². The number of rotatable bonds is 9. The minimum atomic E-state index is -3.41. The lowest BCUT2D eigenvalue weighted by Crippen LogP contribution is -2.53. The summed E-state index contributed by atoms with van der Waals surface area (Å²) < 4.78 is 39.6. The molecule has 1 saturated carbocycles. The van der Waals surface area contributed by atoms with E-state index in [1.165, 1.54) is 12.1 Å². The second kappa shape index (κ2) is 11.7. The molecule has 0 aromatic heterocycles. The number of nitriles is 1. The summed E-state index contributed by atoms with van der Waals surface area (Å²) in [7, 11) is -3.41. The van der Waals surface area contributed by atoms with E-state index in [4.69, 9.17) is 11.8 Å². The van der Waals surface area contributed by atoms with Crippen LogP contribution in [0.2, 0.25) is 0 Å². The lowest BCUT2D eigenvalue weighted by Gasteiger charge is -2.46. The smallest absolute Gasteiger partial charge is 0.263 e. The molecule has 3 atom stereocenters. The molecule has 6 nitrogen and oxygen atoms in total. The highest BCUT2D eigenvalue weighted by Crippen LogP contribution is 2.54. The van der Waals surface area contributed by atoms with Crippen LogP contribution in [0.4, 0.5) is 10.1 Å². The van der Waals surface area contributed by atoms with Crippen molar-refractivity contribution in [1.29, 1.82) is 5.26 Å². The van der Waals surface area contributed by atoms with Gasteiger partial charge < -0.3 is 14.6 Å². The maximum atomic E-state index is 14.5. The van der Waals surface area contributed by atoms with Gasteiger partial charge >= 0.3 is 0 Å². The number of anilines is 1. The van der Waals surface area contributed by atoms with Crippen LogP contribution in [-0.2, 0) is 15.4 Å². The summed E-state index contributed by atoms with van der Waals surface area (Å²) in [6.07, 6.45) is 4.10. The number of likely N-dealkylation sites (tertiary alicyclic amines) is 1. The summed E-state index contributed by atoms with van der Waals surface area (Å²) in [4.78, 5) is 9.16. The van der Waals surface area contributed by atoms with E-state index in [9.17, 15) is 12.8 Å². The van der Waals surface area contributed by atoms with Crippen molar-refractivity contribution in [3.8, 4) is 6.07 Å². The monoisotopic (exact) mass is 560 g/mol. The molecule has 2 heterocycles. The lowest BCUT2D eigenvalue weighted by molar-refractivity contribution is 0.0886. The van der Waals surface area contributed by atoms with E-state index in [0.717, 1.165) is 75.9 Å². The first-order chi connectivity index (χ1) is 19.3. The molecule has 0 radical (unpaired) electrons. The number of nitrogens with zero attached hydrogens (tertiary/aromatic N) is 4. The molecule has 2 aromatic carbocycles. The molecule has 2 aliphatic heterocycles. The molecule has 210 valence electrons. The summed E-state index contributed by atoms with van der Waals surface area (Å²) in [6.45, 7) is 16.8. The van der Waals surface area contributed by atoms with Crippen molar-refractivity contribution in [2.75, 3.05) is 43.4 Å². The third-order valence-corrected chi connectivity index (χ3v) is 10.8. The van der Waals surface area contributed by atoms with Crippen molar-refractivity contribution in [3.63, 3.8) is 0 Å². The molecule has 0 spiro atoms. The average Bonchev–Trinajstić information content (AvgIpc) is 3.40. The van der Waals surface area contributed by atoms with E-state index in [1.54, 1.807) is 6.07 Å². The molecule has 2 aromatic rings. The maximum Gasteiger partial charge on any atom is 0.263 e. The topological polar surface area (TPSA) is 68.8 Å². The van der Waals surface area contributed by atoms with Crippen molar-refractivity contribution in [3.05, 3.63) is 88.9 Å². The molecule has 1 aliphatic carbocycles. The number of halogens is 1. The normalized spacial score (nSPS) is 24.0. The predicted octanol–water partition coefficient (Wildman–Crippen LogP) is 5.63. The predicted molar refractivity (Wildman–Crippen MR) is 156 cm³/mol. The molecule has 5 rings (SSSR count). The molecule has 40 heavy (non-hydrogen) atoms. The first-order valence-corrected chi connectivity index (χ1v) is 16.0. The molecule has 8 heteroatoms. The molecule has 3 fully saturated rings. The van der Waals surface area contributed by atoms with Crippen LogP contribution in [0.15, 0.2) is 60.5 Å². The van der Waals surface area contributed by atoms with Crippen LogP contribution < -0.4 is 4.90 Å². The zero-order valence-electron chi connectivity index (χ0n) is 22.9. The van der Waals surface area contributed by atoms with Gasteiger partial charge in [0.25, 0.3) is 5.54 Å². The van der Waals surface area contributed by atoms with E-state index in [-0.39, 0.29) is 29.3 Å². The van der Waals surface area contributed by atoms with Gasteiger partial charge in [0.1, 0.15) is 5.82 Å². The van der Waals surface area contributed by atoms with Gasteiger partial charge in [-0.15, -0.1) is 0 Å². The second-order valence-electron chi connectivity index (χ2n) is 11.7. The molecule has 0 N–H and O–H groups in total. The van der Waals surface area contributed by atoms with Gasteiger partial charge in [0.2, 0.25) is 0 Å². The van der Waals surface area contributed by atoms with Crippen LogP contribution in [-0.4, -0.2) is 51.8 Å². The Balaban J connectivity index is 1.28. The summed E-state index contributed by atoms with van der Waals surface area (Å²) >= 11 is 0. The van der Waals surface area contributed by atoms with Crippen molar-refractivity contribution in [2.45, 2.75) is 37.6 Å². The molecule has 2 saturated heterocycles. The fourth-order valence-corrected chi connectivity index (χ4v) is 8.61. The Bertz CT molecular complexity index is 1400. The summed E-state index contributed by atoms with van der Waals surface area (Å²) in [5.74, 6) is -0.00873. The van der Waals surface area contributed by atoms with Crippen LogP contribution in [0.25, 0.3) is 4.85 Å². The van der Waals surface area contributed by atoms with Gasteiger partial charge in [0, 0.05) is 54.0 Å². The Hall–Kier alpha value is -3.20. The highest BCUT2D eigenvalue weighted by Gasteiger charge is 2.58. The SMILES string of the molecule is [C-]#[N+][C@@](c1cccc(F)c1)(C1CCN(CC2CN(c3ccc(C#N)cc3)C2)CC1)[C@H]1CCC[C@@H]1CS(=O)(=O)C=C. The van der Waals surface area contributed by atoms with Crippen LogP contribution in [0.3, 0.4) is 0 Å². The molecule has 0 unspecified atom stereocenters. The molecule has 3 aliphatic rings. The first kappa shape index (κ1) is 28.3. The van der Waals surface area contributed by atoms with Gasteiger partial charge in [-0.3, -0.25) is 0 Å². The Labute approximate surface area is 237 Å². The number of hydrogen-bond donors (Lipinski definition) is 0. The standard InChI is InChI=1S/C32H37FN4O2S/c1-3-40(38,39)23-26-6-4-9-31(26)32(35-2,28-7-5-8-29(33)18-28)27-14-16-36(17-15-27)20-25-21-37(22-25)30-12-10-24(19-34)11-13-30/h3,5,7-8,10-13,18,25-27,31H,1,4,6,9,14-17,20-23H2/t26-,31+,32-/m1/s1. The average molecular weight is 561 g/mol. The van der Waals surface area contributed by atoms with Crippen molar-refractivity contribution in [2.24, 2.45) is 23.7 Å². The van der Waals surface area contributed by atoms with Crippen LogP contribution >= 0.6 is 0 Å². The van der Waals surface area contributed by atoms with Crippen molar-refractivity contribution in [1.82, 2.24) is 4.90 Å². The van der Waals surface area contributed by atoms with Crippen LogP contribution in [0.5, 0.6) is 0 Å². The highest BCUT2D eigenvalue weighted by molar-refractivity contribution is 7.94. The molecular formula is C32H37FN4O2S. The lowest BCUT2D eigenvalue weighted by atomic mass is 9.64. The fraction of sp³-hybridized carbons (Fsp3) is 0.500. The van der Waals surface area contributed by atoms with Gasteiger partial charge in [-0.2, -0.15) is 5.26 Å². The molecule has 0 amide bonds. The number of benzene rings is 2. The minimum Gasteiger partial charge on any atom is -0.371 e. The Morgan fingerprint density at radius 1 is 1.12 bits per heavy atom. The van der Waals surface area contributed by atoms with Gasteiger partial charge in [-0.05, 0) is 81.1 Å². The van der Waals surface area contributed by atoms with E-state index in [1.807, 2.05) is 30.3 Å². The Morgan fingerprint density at radius 3 is 2.48 bits per heavy atom. The Morgan fingerprint density at radius 2 is 1.85 bits per heavy atom. The van der Waals surface area contributed by atoms with E-state index in [0.29, 0.717) is 17.0 Å². The zero-order chi connectivity index (χ0) is 28.3. The van der Waals surface area contributed by atoms with E-state index in [2.05, 4.69) is 27.3 Å². The Kier molecular flexibility index (Phi) is 8.31. The second-order valence-corrected chi connectivity index (χ2v) is 13.7. The van der Waals surface area contributed by atoms with Gasteiger partial charge in [-0.1, -0.05) is 25.1 Å². The number of sulfone groups is 1. The fourth-order valence-electron chi connectivity index (χ4n) is 7.47. The molecular weight excluding hydrogens is 523 g/mol. The zero-order valence-corrected chi connectivity index (χ0v) is 23.7. The van der Waals surface area contributed by atoms with Crippen LogP contribution in [0.1, 0.15) is 43.2 Å². The quantitative estimate of drug-likeness (QED) is 0.372. The third kappa shape index (κ3) is 5.66. The largest absolute Gasteiger partial charge is 0.371 e. The highest BCUT2D eigenvalue weighted by atomic mass is 32.2. The maximum absolute atomic E-state index is 14.5. The molecule has 0 bridgehead atoms. The van der Waals surface area contributed by atoms with Gasteiger partial charge in [0.05, 0.1) is 17.4 Å².